The molecule has 2 rings (SSSR count). The molecule has 0 aliphatic heterocycles. The number of nitrogen functional groups attached to an aromatic ring is 1. The summed E-state index contributed by atoms with van der Waals surface area (Å²) in [4.78, 5) is 11.9. The van der Waals surface area contributed by atoms with Crippen molar-refractivity contribution in [2.24, 2.45) is 0 Å². The van der Waals surface area contributed by atoms with Crippen LogP contribution in [0.3, 0.4) is 0 Å². The average molecular weight is 275 g/mol. The number of halogens is 2. The van der Waals surface area contributed by atoms with Crippen molar-refractivity contribution < 1.29 is 9.90 Å². The summed E-state index contributed by atoms with van der Waals surface area (Å²) in [6.45, 7) is 0. The molecule has 0 radical (unpaired) electrons. The van der Waals surface area contributed by atoms with Gasteiger partial charge in [0.15, 0.2) is 0 Å². The van der Waals surface area contributed by atoms with Crippen LogP contribution in [0.4, 0.5) is 5.69 Å². The zero-order chi connectivity index (χ0) is 12.6. The Morgan fingerprint density at radius 3 is 2.65 bits per heavy atom. The van der Waals surface area contributed by atoms with Gasteiger partial charge in [-0.15, -0.1) is 0 Å². The summed E-state index contributed by atoms with van der Waals surface area (Å²) >= 11 is 11.8. The van der Waals surface area contributed by atoms with Crippen LogP contribution in [-0.4, -0.2) is 23.2 Å². The predicted octanol–water partition coefficient (Wildman–Crippen LogP) is 1.83. The molecular weight excluding hydrogens is 263 g/mol. The first-order chi connectivity index (χ1) is 7.97. The standard InChI is InChI=1S/C11H12Cl2N2O2/c12-9-2-5(14)1-8(10(9)13)11(17)15-6-3-7(16)4-6/h1-2,6-7,16H,3-4,14H2,(H,15,17). The van der Waals surface area contributed by atoms with E-state index in [1.807, 2.05) is 0 Å². The molecule has 1 fully saturated rings. The first-order valence-electron chi connectivity index (χ1n) is 5.21. The van der Waals surface area contributed by atoms with E-state index in [9.17, 15) is 4.79 Å². The molecule has 1 aliphatic rings. The minimum absolute atomic E-state index is 0.00577. The molecule has 17 heavy (non-hydrogen) atoms. The van der Waals surface area contributed by atoms with Gasteiger partial charge >= 0.3 is 0 Å². The van der Waals surface area contributed by atoms with Gasteiger partial charge in [0.2, 0.25) is 0 Å². The molecule has 0 saturated heterocycles. The van der Waals surface area contributed by atoms with Gasteiger partial charge in [-0.25, -0.2) is 0 Å². The minimum Gasteiger partial charge on any atom is -0.399 e. The zero-order valence-electron chi connectivity index (χ0n) is 8.91. The molecule has 0 atom stereocenters. The van der Waals surface area contributed by atoms with Crippen molar-refractivity contribution in [2.45, 2.75) is 25.0 Å². The number of carbonyl (C=O) groups excluding carboxylic acids is 1. The highest BCUT2D eigenvalue weighted by molar-refractivity contribution is 6.44. The smallest absolute Gasteiger partial charge is 0.253 e. The molecule has 92 valence electrons. The number of benzene rings is 1. The highest BCUT2D eigenvalue weighted by atomic mass is 35.5. The van der Waals surface area contributed by atoms with Crippen LogP contribution >= 0.6 is 23.2 Å². The molecule has 1 aliphatic carbocycles. The van der Waals surface area contributed by atoms with E-state index in [0.29, 0.717) is 18.5 Å². The fraction of sp³-hybridized carbons (Fsp3) is 0.364. The number of aliphatic hydroxyl groups excluding tert-OH is 1. The lowest BCUT2D eigenvalue weighted by molar-refractivity contribution is 0.0563. The normalized spacial score (nSPS) is 23.0. The van der Waals surface area contributed by atoms with E-state index in [-0.39, 0.29) is 33.7 Å². The zero-order valence-corrected chi connectivity index (χ0v) is 10.4. The van der Waals surface area contributed by atoms with Gasteiger partial charge in [0, 0.05) is 11.7 Å². The second-order valence-corrected chi connectivity index (χ2v) is 4.95. The molecule has 1 amide bonds. The molecule has 0 heterocycles. The maximum Gasteiger partial charge on any atom is 0.253 e. The summed E-state index contributed by atoms with van der Waals surface area (Å²) in [5, 5.41) is 12.3. The Morgan fingerprint density at radius 1 is 1.41 bits per heavy atom. The summed E-state index contributed by atoms with van der Waals surface area (Å²) in [6.07, 6.45) is 0.818. The summed E-state index contributed by atoms with van der Waals surface area (Å²) < 4.78 is 0. The van der Waals surface area contributed by atoms with Crippen LogP contribution in [0.15, 0.2) is 12.1 Å². The van der Waals surface area contributed by atoms with Gasteiger partial charge in [-0.2, -0.15) is 0 Å². The van der Waals surface area contributed by atoms with Crippen molar-refractivity contribution in [3.05, 3.63) is 27.7 Å². The highest BCUT2D eigenvalue weighted by Crippen LogP contribution is 2.29. The Hall–Kier alpha value is -0.970. The van der Waals surface area contributed by atoms with Crippen molar-refractivity contribution in [3.63, 3.8) is 0 Å². The van der Waals surface area contributed by atoms with Crippen molar-refractivity contribution in [1.29, 1.82) is 0 Å². The monoisotopic (exact) mass is 274 g/mol. The van der Waals surface area contributed by atoms with E-state index in [2.05, 4.69) is 5.32 Å². The van der Waals surface area contributed by atoms with Gasteiger partial charge in [-0.05, 0) is 25.0 Å². The van der Waals surface area contributed by atoms with Crippen LogP contribution in [0, 0.1) is 0 Å². The maximum absolute atomic E-state index is 11.9. The van der Waals surface area contributed by atoms with Gasteiger partial charge in [-0.3, -0.25) is 4.79 Å². The molecule has 0 aromatic heterocycles. The predicted molar refractivity (Wildman–Crippen MR) is 67.4 cm³/mol. The summed E-state index contributed by atoms with van der Waals surface area (Å²) in [7, 11) is 0. The molecule has 1 saturated carbocycles. The third-order valence-electron chi connectivity index (χ3n) is 2.74. The van der Waals surface area contributed by atoms with E-state index in [4.69, 9.17) is 34.0 Å². The Balaban J connectivity index is 2.13. The summed E-state index contributed by atoms with van der Waals surface area (Å²) in [5.74, 6) is -0.318. The number of amides is 1. The Kier molecular flexibility index (Phi) is 3.47. The fourth-order valence-corrected chi connectivity index (χ4v) is 2.17. The molecule has 4 nitrogen and oxygen atoms in total. The van der Waals surface area contributed by atoms with E-state index in [1.54, 1.807) is 0 Å². The van der Waals surface area contributed by atoms with E-state index < -0.39 is 0 Å². The van der Waals surface area contributed by atoms with Crippen LogP contribution in [0.2, 0.25) is 10.0 Å². The number of hydrogen-bond donors (Lipinski definition) is 3. The van der Waals surface area contributed by atoms with Crippen LogP contribution in [0.1, 0.15) is 23.2 Å². The Bertz CT molecular complexity index is 459. The number of carbonyl (C=O) groups is 1. The molecule has 6 heteroatoms. The molecule has 0 bridgehead atoms. The number of anilines is 1. The number of nitrogens with two attached hydrogens (primary N) is 1. The molecule has 1 aromatic rings. The second kappa shape index (κ2) is 4.72. The maximum atomic E-state index is 11.9. The van der Waals surface area contributed by atoms with Crippen molar-refractivity contribution in [3.8, 4) is 0 Å². The lowest BCUT2D eigenvalue weighted by atomic mass is 9.89. The number of hydrogen-bond acceptors (Lipinski definition) is 3. The highest BCUT2D eigenvalue weighted by Gasteiger charge is 2.29. The molecular formula is C11H12Cl2N2O2. The van der Waals surface area contributed by atoms with Gasteiger partial charge in [0.1, 0.15) is 0 Å². The first-order valence-corrected chi connectivity index (χ1v) is 5.96. The Labute approximate surface area is 109 Å². The van der Waals surface area contributed by atoms with Gasteiger partial charge in [0.25, 0.3) is 5.91 Å². The van der Waals surface area contributed by atoms with Crippen LogP contribution in [0.25, 0.3) is 0 Å². The van der Waals surface area contributed by atoms with Gasteiger partial charge in [-0.1, -0.05) is 23.2 Å². The first kappa shape index (κ1) is 12.5. The number of aliphatic hydroxyl groups is 1. The topological polar surface area (TPSA) is 75.4 Å². The van der Waals surface area contributed by atoms with Crippen molar-refractivity contribution >= 4 is 34.8 Å². The van der Waals surface area contributed by atoms with Crippen molar-refractivity contribution in [1.82, 2.24) is 5.32 Å². The summed E-state index contributed by atoms with van der Waals surface area (Å²) in [5.41, 5.74) is 6.25. The minimum atomic E-state index is -0.319. The quantitative estimate of drug-likeness (QED) is 0.721. The third-order valence-corrected chi connectivity index (χ3v) is 3.55. The lowest BCUT2D eigenvalue weighted by Gasteiger charge is -2.32. The van der Waals surface area contributed by atoms with E-state index >= 15 is 0 Å². The molecule has 0 spiro atoms. The van der Waals surface area contributed by atoms with Gasteiger partial charge < -0.3 is 16.2 Å². The van der Waals surface area contributed by atoms with E-state index in [1.165, 1.54) is 12.1 Å². The van der Waals surface area contributed by atoms with Crippen LogP contribution in [-0.2, 0) is 0 Å². The van der Waals surface area contributed by atoms with Crippen LogP contribution < -0.4 is 11.1 Å². The SMILES string of the molecule is Nc1cc(Cl)c(Cl)c(C(=O)NC2CC(O)C2)c1. The van der Waals surface area contributed by atoms with E-state index in [0.717, 1.165) is 0 Å². The number of nitrogens with one attached hydrogen (secondary N) is 1. The summed E-state index contributed by atoms with van der Waals surface area (Å²) in [6, 6.07) is 2.97. The van der Waals surface area contributed by atoms with Crippen molar-refractivity contribution in [2.75, 3.05) is 5.73 Å². The number of rotatable bonds is 2. The van der Waals surface area contributed by atoms with Crippen LogP contribution in [0.5, 0.6) is 0 Å². The fourth-order valence-electron chi connectivity index (χ4n) is 1.74. The second-order valence-electron chi connectivity index (χ2n) is 4.16. The molecule has 4 N–H and O–H groups in total. The third kappa shape index (κ3) is 2.65. The molecule has 0 unspecified atom stereocenters. The lowest BCUT2D eigenvalue weighted by Crippen LogP contribution is -2.46. The largest absolute Gasteiger partial charge is 0.399 e. The Morgan fingerprint density at radius 2 is 2.06 bits per heavy atom. The molecule has 1 aromatic carbocycles. The van der Waals surface area contributed by atoms with Gasteiger partial charge in [0.05, 0.1) is 21.7 Å². The average Bonchev–Trinajstić information content (AvgIpc) is 2.21.